The highest BCUT2D eigenvalue weighted by Crippen LogP contribution is 2.27. The molecule has 0 spiro atoms. The van der Waals surface area contributed by atoms with Gasteiger partial charge in [0.05, 0.1) is 12.5 Å². The van der Waals surface area contributed by atoms with Gasteiger partial charge in [-0.2, -0.15) is 9.78 Å². The molecule has 1 fully saturated rings. The maximum Gasteiger partial charge on any atom is 0.246 e. The molecule has 2 aromatic heterocycles. The summed E-state index contributed by atoms with van der Waals surface area (Å²) in [7, 11) is 0. The summed E-state index contributed by atoms with van der Waals surface area (Å²) in [6.45, 7) is 7.53. The van der Waals surface area contributed by atoms with Crippen LogP contribution in [0, 0.1) is 6.92 Å². The molecule has 3 aromatic rings. The van der Waals surface area contributed by atoms with E-state index in [1.165, 1.54) is 4.80 Å². The lowest BCUT2D eigenvalue weighted by Crippen LogP contribution is -2.38. The predicted octanol–water partition coefficient (Wildman–Crippen LogP) is 3.61. The second kappa shape index (κ2) is 9.60. The van der Waals surface area contributed by atoms with Crippen LogP contribution in [0.15, 0.2) is 28.8 Å². The van der Waals surface area contributed by atoms with E-state index < -0.39 is 0 Å². The van der Waals surface area contributed by atoms with Crippen molar-refractivity contribution in [2.45, 2.75) is 52.0 Å². The summed E-state index contributed by atoms with van der Waals surface area (Å²) in [5.41, 5.74) is 1.78. The molecule has 0 saturated carbocycles. The number of nitrogens with zero attached hydrogens (tertiary/aromatic N) is 7. The monoisotopic (exact) mass is 455 g/mol. The number of aromatic nitrogens is 6. The quantitative estimate of drug-likeness (QED) is 0.523. The van der Waals surface area contributed by atoms with Crippen LogP contribution in [0.4, 0.5) is 0 Å². The minimum absolute atomic E-state index is 0.0473. The van der Waals surface area contributed by atoms with Gasteiger partial charge < -0.3 is 9.42 Å². The van der Waals surface area contributed by atoms with Crippen LogP contribution in [-0.4, -0.2) is 54.2 Å². The van der Waals surface area contributed by atoms with Crippen molar-refractivity contribution in [3.05, 3.63) is 58.0 Å². The SMILES string of the molecule is Cc1nnn(Cc2cc(Cl)ccc2/C=C/C(=O)N2CCC[C@@H](c3nc(C(C)C)no3)C2)n1. The van der Waals surface area contributed by atoms with Gasteiger partial charge in [0.1, 0.15) is 0 Å². The van der Waals surface area contributed by atoms with Gasteiger partial charge in [0.2, 0.25) is 11.8 Å². The third-order valence-corrected chi connectivity index (χ3v) is 5.67. The van der Waals surface area contributed by atoms with Crippen molar-refractivity contribution in [1.82, 2.24) is 35.2 Å². The van der Waals surface area contributed by atoms with E-state index >= 15 is 0 Å². The molecule has 3 heterocycles. The van der Waals surface area contributed by atoms with E-state index in [2.05, 4.69) is 25.6 Å². The van der Waals surface area contributed by atoms with Gasteiger partial charge >= 0.3 is 0 Å². The van der Waals surface area contributed by atoms with Gasteiger partial charge in [-0.3, -0.25) is 4.79 Å². The van der Waals surface area contributed by atoms with E-state index in [-0.39, 0.29) is 17.7 Å². The lowest BCUT2D eigenvalue weighted by Gasteiger charge is -2.30. The van der Waals surface area contributed by atoms with Gasteiger partial charge in [0.15, 0.2) is 11.6 Å². The Balaban J connectivity index is 1.45. The summed E-state index contributed by atoms with van der Waals surface area (Å²) in [5, 5.41) is 16.8. The van der Waals surface area contributed by atoms with Gasteiger partial charge in [-0.25, -0.2) is 0 Å². The van der Waals surface area contributed by atoms with Crippen molar-refractivity contribution >= 4 is 23.6 Å². The zero-order valence-electron chi connectivity index (χ0n) is 18.4. The summed E-state index contributed by atoms with van der Waals surface area (Å²) in [4.78, 5) is 20.8. The number of carbonyl (C=O) groups is 1. The van der Waals surface area contributed by atoms with Gasteiger partial charge in [0.25, 0.3) is 0 Å². The van der Waals surface area contributed by atoms with Crippen molar-refractivity contribution in [2.75, 3.05) is 13.1 Å². The van der Waals surface area contributed by atoms with E-state index in [9.17, 15) is 4.79 Å². The average molecular weight is 456 g/mol. The first-order chi connectivity index (χ1) is 15.4. The van der Waals surface area contributed by atoms with Crippen LogP contribution in [0.25, 0.3) is 6.08 Å². The van der Waals surface area contributed by atoms with Gasteiger partial charge in [-0.15, -0.1) is 10.2 Å². The lowest BCUT2D eigenvalue weighted by atomic mass is 9.97. The normalized spacial score (nSPS) is 16.9. The number of aryl methyl sites for hydroxylation is 1. The molecule has 9 nitrogen and oxygen atoms in total. The first-order valence-corrected chi connectivity index (χ1v) is 11.1. The fourth-order valence-corrected chi connectivity index (χ4v) is 3.90. The van der Waals surface area contributed by atoms with Crippen molar-refractivity contribution in [3.63, 3.8) is 0 Å². The van der Waals surface area contributed by atoms with Crippen LogP contribution in [0.5, 0.6) is 0 Å². The van der Waals surface area contributed by atoms with Crippen LogP contribution >= 0.6 is 11.6 Å². The van der Waals surface area contributed by atoms with Crippen LogP contribution in [-0.2, 0) is 11.3 Å². The highest BCUT2D eigenvalue weighted by Gasteiger charge is 2.28. The minimum atomic E-state index is -0.0473. The number of amides is 1. The van der Waals surface area contributed by atoms with Crippen molar-refractivity contribution in [1.29, 1.82) is 0 Å². The third-order valence-electron chi connectivity index (χ3n) is 5.43. The van der Waals surface area contributed by atoms with Crippen molar-refractivity contribution in [2.24, 2.45) is 0 Å². The van der Waals surface area contributed by atoms with E-state index in [0.717, 1.165) is 24.0 Å². The first-order valence-electron chi connectivity index (χ1n) is 10.7. The summed E-state index contributed by atoms with van der Waals surface area (Å²) >= 11 is 6.18. The number of tetrazole rings is 1. The molecule has 1 aliphatic heterocycles. The summed E-state index contributed by atoms with van der Waals surface area (Å²) in [6.07, 6.45) is 5.24. The number of rotatable bonds is 6. The van der Waals surface area contributed by atoms with Crippen LogP contribution in [0.1, 0.15) is 67.2 Å². The third kappa shape index (κ3) is 5.21. The highest BCUT2D eigenvalue weighted by molar-refractivity contribution is 6.30. The fraction of sp³-hybridized carbons (Fsp3) is 0.455. The molecule has 4 rings (SSSR count). The molecule has 0 radical (unpaired) electrons. The maximum absolute atomic E-state index is 12.9. The maximum atomic E-state index is 12.9. The molecular formula is C22H26ClN7O2. The fourth-order valence-electron chi connectivity index (χ4n) is 3.71. The molecule has 1 saturated heterocycles. The minimum Gasteiger partial charge on any atom is -0.339 e. The second-order valence-corrected chi connectivity index (χ2v) is 8.75. The Bertz CT molecular complexity index is 1120. The average Bonchev–Trinajstić information content (AvgIpc) is 3.42. The highest BCUT2D eigenvalue weighted by atomic mass is 35.5. The standard InChI is InChI=1S/C22H26ClN7O2/c1-14(2)21-24-22(32-27-21)17-5-4-10-29(12-17)20(31)9-7-16-6-8-19(23)11-18(16)13-30-26-15(3)25-28-30/h6-9,11,14,17H,4-5,10,12-13H2,1-3H3/b9-7+/t17-/m1/s1. The molecule has 1 aliphatic rings. The van der Waals surface area contributed by atoms with E-state index in [0.29, 0.717) is 42.2 Å². The summed E-state index contributed by atoms with van der Waals surface area (Å²) < 4.78 is 5.46. The Labute approximate surface area is 191 Å². The largest absolute Gasteiger partial charge is 0.339 e. The molecule has 168 valence electrons. The molecule has 32 heavy (non-hydrogen) atoms. The molecule has 1 aromatic carbocycles. The number of halogens is 1. The number of benzene rings is 1. The number of hydrogen-bond acceptors (Lipinski definition) is 7. The van der Waals surface area contributed by atoms with Gasteiger partial charge in [-0.05, 0) is 54.3 Å². The molecule has 10 heteroatoms. The van der Waals surface area contributed by atoms with E-state index in [1.54, 1.807) is 19.1 Å². The number of piperidine rings is 1. The van der Waals surface area contributed by atoms with Crippen molar-refractivity contribution < 1.29 is 9.32 Å². The van der Waals surface area contributed by atoms with Crippen LogP contribution in [0.2, 0.25) is 5.02 Å². The van der Waals surface area contributed by atoms with E-state index in [1.807, 2.05) is 37.0 Å². The summed E-state index contributed by atoms with van der Waals surface area (Å²) in [5.74, 6) is 2.15. The molecule has 1 amide bonds. The molecular weight excluding hydrogens is 430 g/mol. The Hall–Kier alpha value is -3.07. The smallest absolute Gasteiger partial charge is 0.246 e. The molecule has 0 unspecified atom stereocenters. The molecule has 0 aliphatic carbocycles. The Morgan fingerprint density at radius 3 is 2.94 bits per heavy atom. The first kappa shape index (κ1) is 22.1. The van der Waals surface area contributed by atoms with Crippen LogP contribution in [0.3, 0.4) is 0 Å². The Morgan fingerprint density at radius 1 is 1.38 bits per heavy atom. The zero-order valence-corrected chi connectivity index (χ0v) is 19.2. The number of carbonyl (C=O) groups excluding carboxylic acids is 1. The molecule has 0 bridgehead atoms. The second-order valence-electron chi connectivity index (χ2n) is 8.31. The molecule has 1 atom stereocenters. The zero-order chi connectivity index (χ0) is 22.7. The number of hydrogen-bond donors (Lipinski definition) is 0. The predicted molar refractivity (Wildman–Crippen MR) is 119 cm³/mol. The van der Waals surface area contributed by atoms with Gasteiger partial charge in [-0.1, -0.05) is 36.7 Å². The van der Waals surface area contributed by atoms with Crippen LogP contribution < -0.4 is 0 Å². The lowest BCUT2D eigenvalue weighted by molar-refractivity contribution is -0.127. The number of likely N-dealkylation sites (tertiary alicyclic amines) is 1. The molecule has 0 N–H and O–H groups in total. The Morgan fingerprint density at radius 2 is 2.22 bits per heavy atom. The Kier molecular flexibility index (Phi) is 6.64. The van der Waals surface area contributed by atoms with Gasteiger partial charge in [0, 0.05) is 30.1 Å². The topological polar surface area (TPSA) is 103 Å². The summed E-state index contributed by atoms with van der Waals surface area (Å²) in [6, 6.07) is 5.54. The van der Waals surface area contributed by atoms with Crippen molar-refractivity contribution in [3.8, 4) is 0 Å². The van der Waals surface area contributed by atoms with E-state index in [4.69, 9.17) is 16.1 Å².